The molecule has 3 heteroatoms. The summed E-state index contributed by atoms with van der Waals surface area (Å²) in [6.07, 6.45) is 0. The number of fused-ring (bicyclic) bond motifs is 17. The molecule has 0 amide bonds. The van der Waals surface area contributed by atoms with Gasteiger partial charge in [-0.15, -0.1) is 34.0 Å². The smallest absolute Gasteiger partial charge is 0.0638 e. The van der Waals surface area contributed by atoms with Crippen molar-refractivity contribution in [3.63, 3.8) is 0 Å². The van der Waals surface area contributed by atoms with E-state index in [9.17, 15) is 23.3 Å². The van der Waals surface area contributed by atoms with Crippen molar-refractivity contribution in [2.24, 2.45) is 0 Å². The van der Waals surface area contributed by atoms with Crippen LogP contribution in [0.1, 0.15) is 57.6 Å². The summed E-state index contributed by atoms with van der Waals surface area (Å²) >= 11 is 3.87. The molecule has 25 rings (SSSR count). The van der Waals surface area contributed by atoms with Crippen molar-refractivity contribution in [2.75, 3.05) is 0 Å². The van der Waals surface area contributed by atoms with Gasteiger partial charge in [0.15, 0.2) is 0 Å². The Balaban J connectivity index is 0.000000134. The maximum absolute atomic E-state index is 9.58. The van der Waals surface area contributed by atoms with E-state index in [1.807, 2.05) is 158 Å². The van der Waals surface area contributed by atoms with Crippen LogP contribution in [0.4, 0.5) is 0 Å². The quantitative estimate of drug-likeness (QED) is 0.133. The Morgan fingerprint density at radius 1 is 0.151 bits per heavy atom. The van der Waals surface area contributed by atoms with Crippen LogP contribution in [0, 0.1) is 0 Å². The highest BCUT2D eigenvalue weighted by atomic mass is 32.1. The van der Waals surface area contributed by atoms with E-state index in [0.717, 1.165) is 62.2 Å². The van der Waals surface area contributed by atoms with Crippen molar-refractivity contribution in [1.82, 2.24) is 0 Å². The number of rotatable bonds is 8. The van der Waals surface area contributed by atoms with E-state index in [2.05, 4.69) is 24.3 Å². The van der Waals surface area contributed by atoms with Gasteiger partial charge in [-0.25, -0.2) is 0 Å². The Kier molecular flexibility index (Phi) is 9.75. The first-order valence-electron chi connectivity index (χ1n) is 58.4. The molecule has 554 valence electrons. The maximum Gasteiger partial charge on any atom is 0.0638 e. The fraction of sp³-hybridized carbons (Fsp3) is 0. The molecule has 0 nitrogen and oxygen atoms in total. The van der Waals surface area contributed by atoms with Gasteiger partial charge in [-0.1, -0.05) is 405 Å². The summed E-state index contributed by atoms with van der Waals surface area (Å²) < 4.78 is 379. The zero-order valence-corrected chi connectivity index (χ0v) is 64.0. The van der Waals surface area contributed by atoms with E-state index in [-0.39, 0.29) is 112 Å². The Bertz CT molecular complexity index is 10800. The second-order valence-electron chi connectivity index (χ2n) is 27.8. The fourth-order valence-corrected chi connectivity index (χ4v) is 19.6. The summed E-state index contributed by atoms with van der Waals surface area (Å²) in [4.78, 5) is 0. The van der Waals surface area contributed by atoms with Gasteiger partial charge in [0.2, 0.25) is 0 Å². The van der Waals surface area contributed by atoms with Crippen molar-refractivity contribution in [2.45, 2.75) is 0 Å². The Labute approximate surface area is 759 Å². The van der Waals surface area contributed by atoms with Crippen LogP contribution in [0.25, 0.3) is 236 Å². The molecule has 3 heterocycles. The highest BCUT2D eigenvalue weighted by Crippen LogP contribution is 2.51. The summed E-state index contributed by atoms with van der Waals surface area (Å²) in [5, 5.41) is 3.31. The number of benzene rings is 22. The van der Waals surface area contributed by atoms with Crippen LogP contribution in [-0.2, 0) is 0 Å². The van der Waals surface area contributed by atoms with Crippen molar-refractivity contribution in [1.29, 1.82) is 0 Å². The molecule has 0 saturated heterocycles. The van der Waals surface area contributed by atoms with Crippen LogP contribution in [0.5, 0.6) is 0 Å². The highest BCUT2D eigenvalue weighted by Gasteiger charge is 2.23. The van der Waals surface area contributed by atoms with Crippen molar-refractivity contribution in [3.05, 3.63) is 436 Å². The van der Waals surface area contributed by atoms with E-state index >= 15 is 0 Å². The summed E-state index contributed by atoms with van der Waals surface area (Å²) in [7, 11) is 0. The van der Waals surface area contributed by atoms with Gasteiger partial charge < -0.3 is 0 Å². The van der Waals surface area contributed by atoms with E-state index in [4.69, 9.17) is 34.3 Å². The molecule has 3 aromatic heterocycles. The van der Waals surface area contributed by atoms with Gasteiger partial charge in [-0.05, 0) is 206 Å². The van der Waals surface area contributed by atoms with Gasteiger partial charge in [0, 0.05) is 60.5 Å². The first-order valence-corrected chi connectivity index (χ1v) is 39.9. The second-order valence-corrected chi connectivity index (χ2v) is 31.0. The standard InChI is InChI=1S/C42H26S.C38H24S.C36H22S/c1-2-13-30-27(11-1)12-9-20-33(30)41-36-17-5-3-15-34(36)40(35-16-4-6-18-37(35)41)29-25-23-28(24-26-29)31-19-10-21-38-32-14-7-8-22-39(32)43-42(31)38;1-2-10-25(11-3-1)26-18-20-27(21-19-26)37-31-13-4-6-15-33(31)38(34-16-7-5-14-32(34)37)28-22-23-30-29-12-8-9-17-35(29)39-36(30)24-28;1-2-12-25-23(10-1)11-9-18-28(25)36-31-16-5-3-14-29(31)35(30-15-4-6-17-32(30)36)24-20-21-27-26-13-7-8-19-33(26)37-34(27)22-24/h1-26H;1-24H;1-22H/i1D,2D,3D,4D,5D,6D,7D,8D,9D,10D,11D,12D,13D,14D,15D,16D,17D,18D,19D,20D,21D,22D,23D,24D,25D,26D;4D,5D,6D,7D,13D,14D,15D,16D;3D,4D,5D,6D,14D,15D,16D,17D. The molecule has 0 bridgehead atoms. The minimum Gasteiger partial charge on any atom is -0.135 e. The Morgan fingerprint density at radius 2 is 0.504 bits per heavy atom. The molecule has 0 saturated carbocycles. The van der Waals surface area contributed by atoms with Gasteiger partial charge in [-0.3, -0.25) is 0 Å². The minimum atomic E-state index is -1.02. The van der Waals surface area contributed by atoms with E-state index in [0.29, 0.717) is 55.8 Å². The lowest BCUT2D eigenvalue weighted by molar-refractivity contribution is 1.61. The summed E-state index contributed by atoms with van der Waals surface area (Å²) in [6, 6.07) is 30.8. The lowest BCUT2D eigenvalue weighted by Gasteiger charge is -2.19. The topological polar surface area (TPSA) is 0 Å². The van der Waals surface area contributed by atoms with Gasteiger partial charge in [-0.2, -0.15) is 0 Å². The van der Waals surface area contributed by atoms with Crippen LogP contribution >= 0.6 is 34.0 Å². The third kappa shape index (κ3) is 12.0. The van der Waals surface area contributed by atoms with Gasteiger partial charge in [0.1, 0.15) is 0 Å². The maximum atomic E-state index is 9.58. The lowest BCUT2D eigenvalue weighted by Crippen LogP contribution is -1.91. The van der Waals surface area contributed by atoms with Crippen molar-refractivity contribution in [3.8, 4) is 89.0 Å². The normalized spacial score (nSPS) is 16.6. The molecule has 0 aliphatic heterocycles. The number of thiophene rings is 3. The summed E-state index contributed by atoms with van der Waals surface area (Å²) in [5.41, 5.74) is 1.82. The molecule has 0 aliphatic rings. The molecule has 0 unspecified atom stereocenters. The second kappa shape index (κ2) is 29.4. The number of hydrogen-bond acceptors (Lipinski definition) is 3. The molecule has 0 fully saturated rings. The molecular formula is C116H72S3. The van der Waals surface area contributed by atoms with Gasteiger partial charge in [0.05, 0.1) is 57.6 Å². The molecule has 0 N–H and O–H groups in total. The minimum absolute atomic E-state index is 0.0991. The van der Waals surface area contributed by atoms with Gasteiger partial charge in [0.25, 0.3) is 0 Å². The zero-order chi connectivity index (χ0) is 115. The van der Waals surface area contributed by atoms with Crippen LogP contribution in [0.2, 0.25) is 0 Å². The number of hydrogen-bond donors (Lipinski definition) is 0. The first-order chi connectivity index (χ1) is 76.5. The van der Waals surface area contributed by atoms with Crippen LogP contribution in [0.3, 0.4) is 0 Å². The third-order valence-corrected chi connectivity index (χ3v) is 24.8. The predicted octanol–water partition coefficient (Wildman–Crippen LogP) is 34.7. The Hall–Kier alpha value is -14.4. The first kappa shape index (κ1) is 39.5. The summed E-state index contributed by atoms with van der Waals surface area (Å²) in [6.45, 7) is 0. The molecule has 119 heavy (non-hydrogen) atoms. The molecule has 0 aliphatic carbocycles. The van der Waals surface area contributed by atoms with Crippen LogP contribution < -0.4 is 0 Å². The van der Waals surface area contributed by atoms with Crippen LogP contribution in [0.15, 0.2) is 436 Å². The average molecular weight is 1600 g/mol. The third-order valence-electron chi connectivity index (χ3n) is 21.4. The van der Waals surface area contributed by atoms with E-state index in [1.165, 1.54) is 0 Å². The molecule has 0 spiro atoms. The highest BCUT2D eigenvalue weighted by molar-refractivity contribution is 7.27. The zero-order valence-electron chi connectivity index (χ0n) is 104. The molecule has 0 atom stereocenters. The van der Waals surface area contributed by atoms with Gasteiger partial charge >= 0.3 is 0 Å². The molecule has 0 radical (unpaired) electrons. The molecule has 25 aromatic rings. The van der Waals surface area contributed by atoms with Crippen molar-refractivity contribution >= 4 is 181 Å². The van der Waals surface area contributed by atoms with E-state index in [1.54, 1.807) is 22.7 Å². The monoisotopic (exact) mass is 1600 g/mol. The Morgan fingerprint density at radius 3 is 1.04 bits per heavy atom. The average Bonchev–Trinajstić information content (AvgIpc) is 1.12. The van der Waals surface area contributed by atoms with Crippen molar-refractivity contribution < 1.29 is 57.6 Å². The SMILES string of the molecule is [2H]c1c([2H])c(-c2c3c([2H])c([2H])c([2H])c([2H])c3c(-c3c([2H])c([2H])c([2H])c4c([2H])c([2H])c([2H])c([2H])c34)c3c([2H])c([2H])c([2H])c([2H])c23)c([2H])c([2H])c1-c1c([2H])c([2H])c([2H])c2c1sc1c([2H])c([2H])c([2H])c([2H])c12.[2H]c1c([2H])c([2H])c2c(-c3ccc4c(c3)sc3ccccc34)c3c([2H])c([2H])c([2H])c([2H])c3c(-c3ccc(-c4ccccc4)cc3)c2c1[2H].[2H]c1c([2H])c([2H])c2c(-c3cccc4ccccc34)c3c([2H])c([2H])c([2H])c([2H])c3c(-c3ccc4c(c3)sc3ccccc34)c2c1[2H]. The van der Waals surface area contributed by atoms with Crippen LogP contribution in [-0.4, -0.2) is 0 Å². The van der Waals surface area contributed by atoms with E-state index < -0.39 is 271 Å². The molecular weight excluding hydrogens is 1490 g/mol. The lowest BCUT2D eigenvalue weighted by atomic mass is 9.84. The largest absolute Gasteiger partial charge is 0.135 e. The summed E-state index contributed by atoms with van der Waals surface area (Å²) in [5.74, 6) is 0. The predicted molar refractivity (Wildman–Crippen MR) is 522 cm³/mol. The molecule has 22 aromatic carbocycles. The fourth-order valence-electron chi connectivity index (χ4n) is 16.2.